The van der Waals surface area contributed by atoms with Gasteiger partial charge < -0.3 is 5.32 Å². The zero-order valence-electron chi connectivity index (χ0n) is 9.85. The summed E-state index contributed by atoms with van der Waals surface area (Å²) in [5.74, 6) is 0. The first-order valence-electron chi connectivity index (χ1n) is 5.67. The number of hydrogen-bond acceptors (Lipinski definition) is 2. The summed E-state index contributed by atoms with van der Waals surface area (Å²) < 4.78 is 35.6. The largest absolute Gasteiger partial charge is 0.389 e. The van der Waals surface area contributed by atoms with E-state index >= 15 is 0 Å². The van der Waals surface area contributed by atoms with E-state index in [1.54, 1.807) is 6.20 Å². The van der Waals surface area contributed by atoms with Crippen molar-refractivity contribution in [3.05, 3.63) is 29.6 Å². The van der Waals surface area contributed by atoms with Gasteiger partial charge in [0.1, 0.15) is 0 Å². The highest BCUT2D eigenvalue weighted by Crippen LogP contribution is 2.21. The number of alkyl halides is 3. The van der Waals surface area contributed by atoms with Gasteiger partial charge in [-0.3, -0.25) is 4.98 Å². The molecule has 1 aromatic rings. The molecular weight excluding hydrogens is 229 g/mol. The average molecular weight is 246 g/mol. The van der Waals surface area contributed by atoms with Crippen molar-refractivity contribution in [1.82, 2.24) is 10.3 Å². The number of nitrogens with zero attached hydrogens (tertiary/aromatic N) is 1. The summed E-state index contributed by atoms with van der Waals surface area (Å²) >= 11 is 0. The maximum atomic E-state index is 11.9. The van der Waals surface area contributed by atoms with E-state index in [2.05, 4.69) is 10.3 Å². The number of pyridine rings is 1. The van der Waals surface area contributed by atoms with E-state index in [0.717, 1.165) is 11.3 Å². The van der Waals surface area contributed by atoms with Crippen molar-refractivity contribution >= 4 is 0 Å². The van der Waals surface area contributed by atoms with Crippen LogP contribution in [-0.4, -0.2) is 17.7 Å². The van der Waals surface area contributed by atoms with Crippen molar-refractivity contribution in [2.24, 2.45) is 0 Å². The van der Waals surface area contributed by atoms with Crippen LogP contribution in [0, 0.1) is 6.92 Å². The highest BCUT2D eigenvalue weighted by atomic mass is 19.4. The SMILES string of the molecule is Cc1cccnc1CNCCCCC(F)(F)F. The highest BCUT2D eigenvalue weighted by Gasteiger charge is 2.25. The Morgan fingerprint density at radius 3 is 2.71 bits per heavy atom. The molecule has 0 saturated carbocycles. The third-order valence-electron chi connectivity index (χ3n) is 2.47. The first kappa shape index (κ1) is 14.0. The lowest BCUT2D eigenvalue weighted by Gasteiger charge is -2.07. The smallest absolute Gasteiger partial charge is 0.311 e. The summed E-state index contributed by atoms with van der Waals surface area (Å²) in [7, 11) is 0. The van der Waals surface area contributed by atoms with Gasteiger partial charge in [-0.25, -0.2) is 0 Å². The molecule has 96 valence electrons. The van der Waals surface area contributed by atoms with Crippen LogP contribution in [0.1, 0.15) is 30.5 Å². The minimum atomic E-state index is -4.03. The molecule has 0 aliphatic rings. The molecule has 0 aliphatic heterocycles. The highest BCUT2D eigenvalue weighted by molar-refractivity contribution is 5.17. The fraction of sp³-hybridized carbons (Fsp3) is 0.583. The molecule has 0 unspecified atom stereocenters. The first-order valence-corrected chi connectivity index (χ1v) is 5.67. The van der Waals surface area contributed by atoms with Crippen molar-refractivity contribution in [2.75, 3.05) is 6.54 Å². The van der Waals surface area contributed by atoms with Crippen molar-refractivity contribution in [3.63, 3.8) is 0 Å². The molecule has 1 aromatic heterocycles. The van der Waals surface area contributed by atoms with Gasteiger partial charge >= 0.3 is 6.18 Å². The van der Waals surface area contributed by atoms with Crippen molar-refractivity contribution in [3.8, 4) is 0 Å². The normalized spacial score (nSPS) is 11.8. The second-order valence-electron chi connectivity index (χ2n) is 4.02. The van der Waals surface area contributed by atoms with E-state index < -0.39 is 12.6 Å². The van der Waals surface area contributed by atoms with Crippen LogP contribution in [0.2, 0.25) is 0 Å². The van der Waals surface area contributed by atoms with Gasteiger partial charge in [-0.2, -0.15) is 13.2 Å². The van der Waals surface area contributed by atoms with Gasteiger partial charge in [0, 0.05) is 19.2 Å². The molecule has 0 radical (unpaired) electrons. The monoisotopic (exact) mass is 246 g/mol. The van der Waals surface area contributed by atoms with E-state index in [9.17, 15) is 13.2 Å². The number of nitrogens with one attached hydrogen (secondary N) is 1. The van der Waals surface area contributed by atoms with E-state index in [1.807, 2.05) is 19.1 Å². The minimum Gasteiger partial charge on any atom is -0.311 e. The summed E-state index contributed by atoms with van der Waals surface area (Å²) in [5.41, 5.74) is 2.04. The molecule has 0 atom stereocenters. The van der Waals surface area contributed by atoms with Gasteiger partial charge in [-0.15, -0.1) is 0 Å². The summed E-state index contributed by atoms with van der Waals surface area (Å²) in [6.07, 6.45) is -2.30. The van der Waals surface area contributed by atoms with E-state index in [1.165, 1.54) is 0 Å². The second-order valence-corrected chi connectivity index (χ2v) is 4.02. The zero-order chi connectivity index (χ0) is 12.7. The Balaban J connectivity index is 2.11. The minimum absolute atomic E-state index is 0.178. The Hall–Kier alpha value is -1.10. The van der Waals surface area contributed by atoms with Crippen LogP contribution in [0.5, 0.6) is 0 Å². The Bertz CT molecular complexity index is 337. The standard InChI is InChI=1S/C12H17F3N2/c1-10-5-4-8-17-11(10)9-16-7-3-2-6-12(13,14)15/h4-5,8,16H,2-3,6-7,9H2,1H3. The summed E-state index contributed by atoms with van der Waals surface area (Å²) in [5, 5.41) is 3.10. The van der Waals surface area contributed by atoms with Gasteiger partial charge in [-0.05, 0) is 37.9 Å². The Labute approximate surface area is 99.3 Å². The van der Waals surface area contributed by atoms with Crippen LogP contribution >= 0.6 is 0 Å². The second kappa shape index (κ2) is 6.59. The Morgan fingerprint density at radius 2 is 2.06 bits per heavy atom. The predicted octanol–water partition coefficient (Wildman–Crippen LogP) is 3.21. The number of unbranched alkanes of at least 4 members (excludes halogenated alkanes) is 1. The van der Waals surface area contributed by atoms with Crippen LogP contribution in [0.25, 0.3) is 0 Å². The first-order chi connectivity index (χ1) is 7.99. The van der Waals surface area contributed by atoms with Gasteiger partial charge in [0.15, 0.2) is 0 Å². The van der Waals surface area contributed by atoms with E-state index in [0.29, 0.717) is 19.5 Å². The average Bonchev–Trinajstić information content (AvgIpc) is 2.24. The van der Waals surface area contributed by atoms with Crippen LogP contribution in [0.15, 0.2) is 18.3 Å². The number of hydrogen-bond donors (Lipinski definition) is 1. The summed E-state index contributed by atoms with van der Waals surface area (Å²) in [6, 6.07) is 3.83. The molecule has 0 bridgehead atoms. The molecule has 0 amide bonds. The number of halogens is 3. The Kier molecular flexibility index (Phi) is 5.41. The van der Waals surface area contributed by atoms with Crippen molar-refractivity contribution in [2.45, 2.75) is 38.9 Å². The molecule has 1 heterocycles. The van der Waals surface area contributed by atoms with Crippen LogP contribution < -0.4 is 5.32 Å². The molecule has 5 heteroatoms. The quantitative estimate of drug-likeness (QED) is 0.779. The van der Waals surface area contributed by atoms with Gasteiger partial charge in [0.05, 0.1) is 5.69 Å². The molecule has 1 N–H and O–H groups in total. The third kappa shape index (κ3) is 6.26. The number of rotatable bonds is 6. The van der Waals surface area contributed by atoms with Gasteiger partial charge in [0.25, 0.3) is 0 Å². The lowest BCUT2D eigenvalue weighted by atomic mass is 10.2. The molecule has 0 spiro atoms. The van der Waals surface area contributed by atoms with Gasteiger partial charge in [0.2, 0.25) is 0 Å². The van der Waals surface area contributed by atoms with Crippen molar-refractivity contribution < 1.29 is 13.2 Å². The molecule has 0 aliphatic carbocycles. The van der Waals surface area contributed by atoms with Crippen LogP contribution in [0.4, 0.5) is 13.2 Å². The lowest BCUT2D eigenvalue weighted by molar-refractivity contribution is -0.135. The topological polar surface area (TPSA) is 24.9 Å². The fourth-order valence-electron chi connectivity index (χ4n) is 1.49. The number of aromatic nitrogens is 1. The lowest BCUT2D eigenvalue weighted by Crippen LogP contribution is -2.17. The molecule has 2 nitrogen and oxygen atoms in total. The molecule has 0 aromatic carbocycles. The van der Waals surface area contributed by atoms with E-state index in [4.69, 9.17) is 0 Å². The Morgan fingerprint density at radius 1 is 1.29 bits per heavy atom. The zero-order valence-corrected chi connectivity index (χ0v) is 9.85. The van der Waals surface area contributed by atoms with Crippen LogP contribution in [-0.2, 0) is 6.54 Å². The molecule has 0 fully saturated rings. The van der Waals surface area contributed by atoms with E-state index in [-0.39, 0.29) is 6.42 Å². The molecule has 0 saturated heterocycles. The maximum Gasteiger partial charge on any atom is 0.389 e. The molecule has 17 heavy (non-hydrogen) atoms. The summed E-state index contributed by atoms with van der Waals surface area (Å²) in [4.78, 5) is 4.19. The molecule has 1 rings (SSSR count). The molecular formula is C12H17F3N2. The van der Waals surface area contributed by atoms with Crippen LogP contribution in [0.3, 0.4) is 0 Å². The summed E-state index contributed by atoms with van der Waals surface area (Å²) in [6.45, 7) is 3.17. The number of aryl methyl sites for hydroxylation is 1. The van der Waals surface area contributed by atoms with Crippen molar-refractivity contribution in [1.29, 1.82) is 0 Å². The van der Waals surface area contributed by atoms with Gasteiger partial charge in [-0.1, -0.05) is 6.07 Å². The maximum absolute atomic E-state index is 11.9. The fourth-order valence-corrected chi connectivity index (χ4v) is 1.49. The predicted molar refractivity (Wildman–Crippen MR) is 60.6 cm³/mol. The third-order valence-corrected chi connectivity index (χ3v) is 2.47.